The molecule has 2 heterocycles. The van der Waals surface area contributed by atoms with E-state index in [1.54, 1.807) is 4.31 Å². The van der Waals surface area contributed by atoms with Gasteiger partial charge in [-0.1, -0.05) is 38.1 Å². The highest BCUT2D eigenvalue weighted by atomic mass is 32.2. The molecule has 220 valence electrons. The normalized spacial score (nSPS) is 33.1. The molecule has 3 aliphatic carbocycles. The van der Waals surface area contributed by atoms with Gasteiger partial charge >= 0.3 is 6.03 Å². The maximum Gasteiger partial charge on any atom is 0.325 e. The molecular formula is C28H40N4O6S2. The number of piperidine rings is 1. The van der Waals surface area contributed by atoms with Crippen molar-refractivity contribution in [3.8, 4) is 0 Å². The van der Waals surface area contributed by atoms with Gasteiger partial charge in [-0.3, -0.25) is 9.69 Å². The van der Waals surface area contributed by atoms with Crippen LogP contribution in [0.15, 0.2) is 24.3 Å². The second-order valence-corrected chi connectivity index (χ2v) is 17.0. The number of nitrogens with zero attached hydrogens (tertiary/aromatic N) is 2. The lowest BCUT2D eigenvalue weighted by Gasteiger charge is -2.46. The van der Waals surface area contributed by atoms with Crippen molar-refractivity contribution in [2.75, 3.05) is 24.6 Å². The lowest BCUT2D eigenvalue weighted by molar-refractivity contribution is -0.131. The first-order valence-electron chi connectivity index (χ1n) is 14.4. The molecule has 0 radical (unpaired) electrons. The number of carbonyl (C=O) groups is 2. The molecule has 1 unspecified atom stereocenters. The number of hydrogen-bond acceptors (Lipinski definition) is 6. The predicted molar refractivity (Wildman–Crippen MR) is 150 cm³/mol. The van der Waals surface area contributed by atoms with Crippen LogP contribution in [0.5, 0.6) is 0 Å². The summed E-state index contributed by atoms with van der Waals surface area (Å²) < 4.78 is 52.8. The standard InChI is InChI=1S/C28H40N4O6S2/c1-26(2)20-8-11-28(26,23(17-20)32-24(33)22(30-25(32)34)9-16-39(29,35)36)18-40(37,38)31-14-12-27(13-15-31)10-7-19-5-3-4-6-21(19)27/h3-6,20,22-23H,7-18H2,1-2H3,(H,30,34)(H2,29,35,36)/t20-,22?,23+,28-/m1/s1. The summed E-state index contributed by atoms with van der Waals surface area (Å²) in [5, 5.41) is 7.75. The quantitative estimate of drug-likeness (QED) is 0.464. The van der Waals surface area contributed by atoms with E-state index >= 15 is 0 Å². The summed E-state index contributed by atoms with van der Waals surface area (Å²) in [6.45, 7) is 5.11. The van der Waals surface area contributed by atoms with E-state index in [2.05, 4.69) is 43.4 Å². The molecule has 2 aliphatic heterocycles. The van der Waals surface area contributed by atoms with Crippen LogP contribution in [0.25, 0.3) is 0 Å². The van der Waals surface area contributed by atoms with E-state index in [-0.39, 0.29) is 28.9 Å². The Labute approximate surface area is 237 Å². The summed E-state index contributed by atoms with van der Waals surface area (Å²) in [5.74, 6) is -0.817. The highest BCUT2D eigenvalue weighted by molar-refractivity contribution is 7.89. The molecule has 12 heteroatoms. The Balaban J connectivity index is 1.23. The molecule has 4 fully saturated rings. The van der Waals surface area contributed by atoms with Crippen molar-refractivity contribution in [1.82, 2.24) is 14.5 Å². The van der Waals surface area contributed by atoms with Crippen LogP contribution in [0.2, 0.25) is 0 Å². The Hall–Kier alpha value is -2.02. The minimum atomic E-state index is -3.80. The number of urea groups is 1. The van der Waals surface area contributed by atoms with Gasteiger partial charge in [0.1, 0.15) is 6.04 Å². The van der Waals surface area contributed by atoms with Crippen molar-refractivity contribution < 1.29 is 26.4 Å². The molecule has 6 rings (SSSR count). The molecule has 4 atom stereocenters. The van der Waals surface area contributed by atoms with Crippen molar-refractivity contribution in [3.63, 3.8) is 0 Å². The third kappa shape index (κ3) is 4.23. The second-order valence-electron chi connectivity index (χ2n) is 13.3. The van der Waals surface area contributed by atoms with Gasteiger partial charge in [0.05, 0.1) is 11.5 Å². The van der Waals surface area contributed by atoms with E-state index in [9.17, 15) is 26.4 Å². The third-order valence-corrected chi connectivity index (χ3v) is 14.3. The fourth-order valence-electron chi connectivity index (χ4n) is 8.95. The zero-order valence-electron chi connectivity index (χ0n) is 23.3. The average Bonchev–Trinajstić information content (AvgIpc) is 3.52. The first kappa shape index (κ1) is 28.1. The summed E-state index contributed by atoms with van der Waals surface area (Å²) in [7, 11) is -7.47. The molecule has 3 amide bonds. The summed E-state index contributed by atoms with van der Waals surface area (Å²) in [6, 6.07) is 6.41. The molecule has 5 aliphatic rings. The van der Waals surface area contributed by atoms with E-state index in [0.29, 0.717) is 25.9 Å². The van der Waals surface area contributed by atoms with Crippen LogP contribution >= 0.6 is 0 Å². The van der Waals surface area contributed by atoms with Crippen molar-refractivity contribution in [1.29, 1.82) is 0 Å². The number of carbonyl (C=O) groups excluding carboxylic acids is 2. The van der Waals surface area contributed by atoms with Crippen LogP contribution in [-0.4, -0.2) is 74.7 Å². The lowest BCUT2D eigenvalue weighted by Crippen LogP contribution is -2.56. The highest BCUT2D eigenvalue weighted by Gasteiger charge is 2.69. The van der Waals surface area contributed by atoms with Gasteiger partial charge in [-0.25, -0.2) is 31.1 Å². The van der Waals surface area contributed by atoms with E-state index in [1.807, 2.05) is 0 Å². The monoisotopic (exact) mass is 592 g/mol. The second kappa shape index (κ2) is 9.24. The summed E-state index contributed by atoms with van der Waals surface area (Å²) in [6.07, 6.45) is 5.62. The van der Waals surface area contributed by atoms with E-state index < -0.39 is 55.2 Å². The first-order valence-corrected chi connectivity index (χ1v) is 17.7. The minimum Gasteiger partial charge on any atom is -0.326 e. The van der Waals surface area contributed by atoms with Gasteiger partial charge in [0, 0.05) is 24.5 Å². The van der Waals surface area contributed by atoms with Crippen molar-refractivity contribution in [3.05, 3.63) is 35.4 Å². The van der Waals surface area contributed by atoms with Crippen LogP contribution in [0.3, 0.4) is 0 Å². The summed E-state index contributed by atoms with van der Waals surface area (Å²) in [4.78, 5) is 27.7. The number of sulfonamides is 2. The van der Waals surface area contributed by atoms with E-state index in [4.69, 9.17) is 5.14 Å². The van der Waals surface area contributed by atoms with Gasteiger partial charge in [-0.2, -0.15) is 0 Å². The Morgan fingerprint density at radius 2 is 1.73 bits per heavy atom. The Bertz CT molecular complexity index is 1450. The number of nitrogens with one attached hydrogen (secondary N) is 1. The number of fused-ring (bicyclic) bond motifs is 4. The first-order chi connectivity index (χ1) is 18.7. The van der Waals surface area contributed by atoms with Crippen molar-refractivity contribution >= 4 is 32.0 Å². The van der Waals surface area contributed by atoms with Gasteiger partial charge in [0.15, 0.2) is 0 Å². The zero-order valence-corrected chi connectivity index (χ0v) is 24.9. The third-order valence-electron chi connectivity index (χ3n) is 11.4. The molecule has 2 saturated heterocycles. The van der Waals surface area contributed by atoms with Crippen LogP contribution in [-0.2, 0) is 36.7 Å². The molecule has 1 spiro atoms. The molecule has 1 aromatic carbocycles. The molecule has 0 aromatic heterocycles. The summed E-state index contributed by atoms with van der Waals surface area (Å²) >= 11 is 0. The van der Waals surface area contributed by atoms with Gasteiger partial charge in [0.25, 0.3) is 5.91 Å². The highest BCUT2D eigenvalue weighted by Crippen LogP contribution is 2.67. The van der Waals surface area contributed by atoms with Crippen LogP contribution in [0.4, 0.5) is 4.79 Å². The fraction of sp³-hybridized carbons (Fsp3) is 0.714. The number of hydrogen-bond donors (Lipinski definition) is 2. The SMILES string of the molecule is CC1(C)[C@@H]2CC[C@@]1(CS(=O)(=O)N1CCC3(CCc4ccccc43)CC1)[C@@H](N1C(=O)NC(CCS(N)(=O)=O)C1=O)C2. The number of nitrogens with two attached hydrogens (primary N) is 1. The number of aryl methyl sites for hydroxylation is 1. The Kier molecular flexibility index (Phi) is 6.49. The number of imide groups is 1. The zero-order chi connectivity index (χ0) is 28.7. The lowest BCUT2D eigenvalue weighted by atomic mass is 9.68. The van der Waals surface area contributed by atoms with Crippen molar-refractivity contribution in [2.24, 2.45) is 21.9 Å². The van der Waals surface area contributed by atoms with Crippen LogP contribution in [0.1, 0.15) is 69.9 Å². The van der Waals surface area contributed by atoms with Gasteiger partial charge in [-0.05, 0) is 79.2 Å². The smallest absolute Gasteiger partial charge is 0.325 e. The summed E-state index contributed by atoms with van der Waals surface area (Å²) in [5.41, 5.74) is 1.64. The maximum atomic E-state index is 14.1. The van der Waals surface area contributed by atoms with Crippen LogP contribution in [0, 0.1) is 16.7 Å². The van der Waals surface area contributed by atoms with Gasteiger partial charge < -0.3 is 5.32 Å². The topological polar surface area (TPSA) is 147 Å². The maximum absolute atomic E-state index is 14.1. The van der Waals surface area contributed by atoms with Gasteiger partial charge in [-0.15, -0.1) is 0 Å². The van der Waals surface area contributed by atoms with Crippen LogP contribution < -0.4 is 10.5 Å². The molecule has 2 saturated carbocycles. The van der Waals surface area contributed by atoms with E-state index in [1.165, 1.54) is 16.0 Å². The number of amides is 3. The van der Waals surface area contributed by atoms with Gasteiger partial charge in [0.2, 0.25) is 20.0 Å². The Morgan fingerprint density at radius 3 is 2.40 bits per heavy atom. The molecule has 10 nitrogen and oxygen atoms in total. The minimum absolute atomic E-state index is 0.0423. The van der Waals surface area contributed by atoms with Crippen molar-refractivity contribution in [2.45, 2.75) is 82.7 Å². The average molecular weight is 593 g/mol. The molecule has 1 aromatic rings. The van der Waals surface area contributed by atoms with E-state index in [0.717, 1.165) is 32.1 Å². The molecule has 2 bridgehead atoms. The Morgan fingerprint density at radius 1 is 1.02 bits per heavy atom. The number of primary sulfonamides is 1. The number of benzene rings is 1. The molecule has 3 N–H and O–H groups in total. The molecule has 40 heavy (non-hydrogen) atoms. The number of rotatable bonds is 7. The largest absolute Gasteiger partial charge is 0.326 e. The fourth-order valence-corrected chi connectivity index (χ4v) is 11.8. The molecular weight excluding hydrogens is 552 g/mol. The predicted octanol–water partition coefficient (Wildman–Crippen LogP) is 2.09.